The van der Waals surface area contributed by atoms with Crippen LogP contribution in [0, 0.1) is 11.2 Å². The molecule has 2 aromatic carbocycles. The summed E-state index contributed by atoms with van der Waals surface area (Å²) >= 11 is 0. The first-order valence-corrected chi connectivity index (χ1v) is 11.1. The van der Waals surface area contributed by atoms with E-state index in [-0.39, 0.29) is 24.0 Å². The Balaban J connectivity index is 1.61. The van der Waals surface area contributed by atoms with Gasteiger partial charge in [-0.15, -0.1) is 0 Å². The second-order valence-electron chi connectivity index (χ2n) is 9.85. The van der Waals surface area contributed by atoms with Crippen molar-refractivity contribution < 1.29 is 19.1 Å². The molecule has 174 valence electrons. The smallest absolute Gasteiger partial charge is 0.273 e. The van der Waals surface area contributed by atoms with Gasteiger partial charge in [0.15, 0.2) is 5.69 Å². The van der Waals surface area contributed by atoms with Gasteiger partial charge in [0.05, 0.1) is 24.2 Å². The number of carbonyl (C=O) groups is 2. The average molecular weight is 453 g/mol. The molecule has 1 heterocycles. The van der Waals surface area contributed by atoms with E-state index in [4.69, 9.17) is 0 Å². The molecule has 33 heavy (non-hydrogen) atoms. The summed E-state index contributed by atoms with van der Waals surface area (Å²) in [6.07, 6.45) is 1.44. The standard InChI is InChI=1S/C25H29FN4O3/c1-24(2,3)21(23(33)28-25(15-31)12-13-25)27-22(32)20-18-6-4-5-7-19(18)30(29-20)14-16-8-10-17(26)11-9-16/h4-11,21,31H,12-15H2,1-3H3,(H,27,32)(H,28,33). The number of fused-ring (bicyclic) bond motifs is 1. The summed E-state index contributed by atoms with van der Waals surface area (Å²) in [5, 5.41) is 20.5. The van der Waals surface area contributed by atoms with E-state index in [1.54, 1.807) is 16.8 Å². The van der Waals surface area contributed by atoms with Gasteiger partial charge in [0.1, 0.15) is 11.9 Å². The third-order valence-electron chi connectivity index (χ3n) is 6.07. The van der Waals surface area contributed by atoms with Gasteiger partial charge in [-0.25, -0.2) is 4.39 Å². The van der Waals surface area contributed by atoms with Crippen LogP contribution < -0.4 is 10.6 Å². The molecule has 1 aliphatic rings. The fraction of sp³-hybridized carbons (Fsp3) is 0.400. The van der Waals surface area contributed by atoms with E-state index in [1.165, 1.54) is 12.1 Å². The van der Waals surface area contributed by atoms with E-state index in [0.717, 1.165) is 23.9 Å². The van der Waals surface area contributed by atoms with Crippen LogP contribution in [0.3, 0.4) is 0 Å². The largest absolute Gasteiger partial charge is 0.394 e. The summed E-state index contributed by atoms with van der Waals surface area (Å²) in [6, 6.07) is 12.7. The van der Waals surface area contributed by atoms with Gasteiger partial charge in [-0.3, -0.25) is 14.3 Å². The molecule has 0 aliphatic heterocycles. The Morgan fingerprint density at radius 2 is 1.82 bits per heavy atom. The second-order valence-corrected chi connectivity index (χ2v) is 9.85. The predicted octanol–water partition coefficient (Wildman–Crippen LogP) is 3.01. The number of halogens is 1. The number of amides is 2. The summed E-state index contributed by atoms with van der Waals surface area (Å²) in [5.41, 5.74) is 0.702. The number of carbonyl (C=O) groups excluding carboxylic acids is 2. The maximum absolute atomic E-state index is 13.3. The molecule has 0 spiro atoms. The number of aliphatic hydroxyl groups is 1. The third kappa shape index (κ3) is 4.90. The maximum Gasteiger partial charge on any atom is 0.273 e. The van der Waals surface area contributed by atoms with Crippen LogP contribution >= 0.6 is 0 Å². The zero-order valence-electron chi connectivity index (χ0n) is 19.1. The van der Waals surface area contributed by atoms with E-state index in [9.17, 15) is 19.1 Å². The molecule has 4 rings (SSSR count). The van der Waals surface area contributed by atoms with E-state index < -0.39 is 22.9 Å². The summed E-state index contributed by atoms with van der Waals surface area (Å²) in [4.78, 5) is 26.3. The number of aromatic nitrogens is 2. The predicted molar refractivity (Wildman–Crippen MR) is 123 cm³/mol. The van der Waals surface area contributed by atoms with Crippen LogP contribution in [-0.4, -0.2) is 44.9 Å². The van der Waals surface area contributed by atoms with Crippen LogP contribution in [0.25, 0.3) is 10.9 Å². The first-order chi connectivity index (χ1) is 15.6. The molecule has 7 nitrogen and oxygen atoms in total. The molecule has 0 radical (unpaired) electrons. The molecular formula is C25H29FN4O3. The molecule has 1 aliphatic carbocycles. The van der Waals surface area contributed by atoms with Crippen molar-refractivity contribution in [1.82, 2.24) is 20.4 Å². The number of nitrogens with zero attached hydrogens (tertiary/aromatic N) is 2. The third-order valence-corrected chi connectivity index (χ3v) is 6.07. The van der Waals surface area contributed by atoms with Gasteiger partial charge >= 0.3 is 0 Å². The lowest BCUT2D eigenvalue weighted by atomic mass is 9.85. The molecule has 3 aromatic rings. The SMILES string of the molecule is CC(C)(C)C(NC(=O)c1nn(Cc2ccc(F)cc2)c2ccccc12)C(=O)NC1(CO)CC1. The highest BCUT2D eigenvalue weighted by molar-refractivity contribution is 6.06. The number of hydrogen-bond acceptors (Lipinski definition) is 4. The maximum atomic E-state index is 13.3. The zero-order valence-corrected chi connectivity index (χ0v) is 19.1. The van der Waals surface area contributed by atoms with Crippen molar-refractivity contribution in [2.75, 3.05) is 6.61 Å². The number of aliphatic hydroxyl groups excluding tert-OH is 1. The molecule has 8 heteroatoms. The van der Waals surface area contributed by atoms with Gasteiger partial charge in [-0.1, -0.05) is 51.1 Å². The van der Waals surface area contributed by atoms with Crippen LogP contribution in [-0.2, 0) is 11.3 Å². The highest BCUT2D eigenvalue weighted by atomic mass is 19.1. The van der Waals surface area contributed by atoms with Gasteiger partial charge < -0.3 is 15.7 Å². The van der Waals surface area contributed by atoms with Crippen molar-refractivity contribution in [3.05, 3.63) is 65.6 Å². The molecule has 3 N–H and O–H groups in total. The monoisotopic (exact) mass is 452 g/mol. The van der Waals surface area contributed by atoms with Gasteiger partial charge in [0, 0.05) is 5.39 Å². The minimum Gasteiger partial charge on any atom is -0.394 e. The molecule has 1 fully saturated rings. The lowest BCUT2D eigenvalue weighted by Gasteiger charge is -2.31. The van der Waals surface area contributed by atoms with E-state index in [1.807, 2.05) is 45.0 Å². The van der Waals surface area contributed by atoms with Crippen molar-refractivity contribution >= 4 is 22.7 Å². The molecule has 1 unspecified atom stereocenters. The quantitative estimate of drug-likeness (QED) is 0.514. The van der Waals surface area contributed by atoms with Gasteiger partial charge in [-0.05, 0) is 42.0 Å². The highest BCUT2D eigenvalue weighted by Crippen LogP contribution is 2.35. The molecule has 2 amide bonds. The fourth-order valence-electron chi connectivity index (χ4n) is 3.86. The van der Waals surface area contributed by atoms with Gasteiger partial charge in [0.25, 0.3) is 5.91 Å². The second kappa shape index (κ2) is 8.59. The lowest BCUT2D eigenvalue weighted by Crippen LogP contribution is -2.56. The Labute approximate surface area is 192 Å². The summed E-state index contributed by atoms with van der Waals surface area (Å²) in [7, 11) is 0. The summed E-state index contributed by atoms with van der Waals surface area (Å²) in [6.45, 7) is 5.88. The van der Waals surface area contributed by atoms with Crippen LogP contribution in [0.15, 0.2) is 48.5 Å². The number of hydrogen-bond donors (Lipinski definition) is 3. The van der Waals surface area contributed by atoms with E-state index in [2.05, 4.69) is 15.7 Å². The Morgan fingerprint density at radius 1 is 1.15 bits per heavy atom. The number of nitrogens with one attached hydrogen (secondary N) is 2. The first kappa shape index (κ1) is 22.9. The van der Waals surface area contributed by atoms with E-state index in [0.29, 0.717) is 11.9 Å². The Hall–Kier alpha value is -3.26. The molecular weight excluding hydrogens is 423 g/mol. The molecule has 1 atom stereocenters. The Kier molecular flexibility index (Phi) is 5.97. The Morgan fingerprint density at radius 3 is 2.42 bits per heavy atom. The molecule has 1 saturated carbocycles. The van der Waals surface area contributed by atoms with Crippen LogP contribution in [0.1, 0.15) is 49.7 Å². The van der Waals surface area contributed by atoms with Crippen molar-refractivity contribution in [2.45, 2.75) is 51.7 Å². The summed E-state index contributed by atoms with van der Waals surface area (Å²) in [5.74, 6) is -1.09. The highest BCUT2D eigenvalue weighted by Gasteiger charge is 2.46. The number of benzene rings is 2. The Bertz CT molecular complexity index is 1180. The molecule has 1 aromatic heterocycles. The normalized spacial score (nSPS) is 15.8. The first-order valence-electron chi connectivity index (χ1n) is 11.1. The topological polar surface area (TPSA) is 96.2 Å². The van der Waals surface area contributed by atoms with Gasteiger partial charge in [-0.2, -0.15) is 5.10 Å². The van der Waals surface area contributed by atoms with Crippen molar-refractivity contribution in [3.8, 4) is 0 Å². The number of para-hydroxylation sites is 1. The van der Waals surface area contributed by atoms with Crippen LogP contribution in [0.5, 0.6) is 0 Å². The average Bonchev–Trinajstić information content (AvgIpc) is 3.45. The molecule has 0 bridgehead atoms. The molecule has 0 saturated heterocycles. The lowest BCUT2D eigenvalue weighted by molar-refractivity contribution is -0.126. The zero-order chi connectivity index (χ0) is 23.8. The van der Waals surface area contributed by atoms with Gasteiger partial charge in [0.2, 0.25) is 5.91 Å². The fourth-order valence-corrected chi connectivity index (χ4v) is 3.86. The van der Waals surface area contributed by atoms with Crippen molar-refractivity contribution in [2.24, 2.45) is 5.41 Å². The van der Waals surface area contributed by atoms with Crippen LogP contribution in [0.2, 0.25) is 0 Å². The minimum atomic E-state index is -0.810. The van der Waals surface area contributed by atoms with Crippen LogP contribution in [0.4, 0.5) is 4.39 Å². The van der Waals surface area contributed by atoms with Crippen molar-refractivity contribution in [1.29, 1.82) is 0 Å². The minimum absolute atomic E-state index is 0.123. The summed E-state index contributed by atoms with van der Waals surface area (Å²) < 4.78 is 15.0. The van der Waals surface area contributed by atoms with Crippen molar-refractivity contribution in [3.63, 3.8) is 0 Å². The van der Waals surface area contributed by atoms with E-state index >= 15 is 0 Å². The number of rotatable bonds is 7.